The van der Waals surface area contributed by atoms with Gasteiger partial charge in [-0.2, -0.15) is 0 Å². The minimum Gasteiger partial charge on any atom is -0.478 e. The van der Waals surface area contributed by atoms with Crippen LogP contribution < -0.4 is 0 Å². The second kappa shape index (κ2) is 8.94. The van der Waals surface area contributed by atoms with Gasteiger partial charge in [0.2, 0.25) is 0 Å². The van der Waals surface area contributed by atoms with E-state index in [2.05, 4.69) is 0 Å². The number of hydrogen-bond acceptors (Lipinski definition) is 3. The fraction of sp³-hybridized carbons (Fsp3) is 0.417. The number of carboxylic acid groups (broad SMARTS) is 1. The molecule has 0 aliphatic carbocycles. The van der Waals surface area contributed by atoms with Crippen LogP contribution in [0.25, 0.3) is 0 Å². The number of hydrogen-bond donors (Lipinski definition) is 1. The second-order valence-electron chi connectivity index (χ2n) is 2.72. The van der Waals surface area contributed by atoms with Crippen molar-refractivity contribution in [3.8, 4) is 0 Å². The summed E-state index contributed by atoms with van der Waals surface area (Å²) in [5, 5.41) is 8.63. The molecule has 18 heavy (non-hydrogen) atoms. The largest absolute Gasteiger partial charge is 0.478 e. The smallest absolute Gasteiger partial charge is 0.335 e. The van der Waals surface area contributed by atoms with E-state index < -0.39 is 15.0 Å². The van der Waals surface area contributed by atoms with Gasteiger partial charge in [-0.1, -0.05) is 33.8 Å². The van der Waals surface area contributed by atoms with Crippen molar-refractivity contribution >= 4 is 25.7 Å². The van der Waals surface area contributed by atoms with Crippen LogP contribution in [0, 0.1) is 6.92 Å². The van der Waals surface area contributed by atoms with Gasteiger partial charge in [-0.15, -0.1) is 0 Å². The van der Waals surface area contributed by atoms with E-state index in [9.17, 15) is 13.2 Å². The molecule has 1 aromatic rings. The van der Waals surface area contributed by atoms with Gasteiger partial charge in [0.25, 0.3) is 9.05 Å². The lowest BCUT2D eigenvalue weighted by Crippen LogP contribution is -2.01. The molecule has 1 rings (SSSR count). The Bertz CT molecular complexity index is 481. The lowest BCUT2D eigenvalue weighted by Gasteiger charge is -2.02. The van der Waals surface area contributed by atoms with Gasteiger partial charge in [-0.3, -0.25) is 0 Å². The molecule has 6 heteroatoms. The molecule has 0 unspecified atom stereocenters. The maximum absolute atomic E-state index is 11.0. The van der Waals surface area contributed by atoms with E-state index in [1.165, 1.54) is 12.1 Å². The Labute approximate surface area is 113 Å². The minimum atomic E-state index is -3.88. The predicted octanol–water partition coefficient (Wildman–Crippen LogP) is 3.67. The number of benzene rings is 1. The molecule has 0 aliphatic heterocycles. The number of halogens is 1. The molecule has 0 saturated carbocycles. The van der Waals surface area contributed by atoms with Crippen LogP contribution in [0.3, 0.4) is 0 Å². The average Bonchev–Trinajstić information content (AvgIpc) is 2.33. The van der Waals surface area contributed by atoms with E-state index in [1.807, 2.05) is 27.7 Å². The SMILES string of the molecule is CC.CC.Cc1ccc(C(=O)O)cc1S(=O)(=O)Cl. The average molecular weight is 295 g/mol. The molecule has 0 atom stereocenters. The Morgan fingerprint density at radius 2 is 1.61 bits per heavy atom. The van der Waals surface area contributed by atoms with Gasteiger partial charge in [-0.05, 0) is 24.6 Å². The molecule has 1 N–H and O–H groups in total. The Morgan fingerprint density at radius 3 is 1.94 bits per heavy atom. The molecular formula is C12H19ClO4S. The summed E-state index contributed by atoms with van der Waals surface area (Å²) in [5.74, 6) is -1.19. The first-order chi connectivity index (χ1) is 8.32. The molecule has 104 valence electrons. The van der Waals surface area contributed by atoms with Crippen LogP contribution in [0.1, 0.15) is 43.6 Å². The van der Waals surface area contributed by atoms with E-state index in [0.29, 0.717) is 5.56 Å². The predicted molar refractivity (Wildman–Crippen MR) is 73.9 cm³/mol. The zero-order valence-electron chi connectivity index (χ0n) is 11.2. The lowest BCUT2D eigenvalue weighted by atomic mass is 10.1. The first kappa shape index (κ1) is 19.3. The quantitative estimate of drug-likeness (QED) is 0.845. The maximum atomic E-state index is 11.0. The molecule has 0 aliphatic rings. The highest BCUT2D eigenvalue weighted by Gasteiger charge is 2.15. The second-order valence-corrected chi connectivity index (χ2v) is 5.26. The van der Waals surface area contributed by atoms with Gasteiger partial charge in [-0.25, -0.2) is 13.2 Å². The molecule has 0 amide bonds. The van der Waals surface area contributed by atoms with E-state index in [-0.39, 0.29) is 10.5 Å². The molecule has 0 spiro atoms. The van der Waals surface area contributed by atoms with Crippen molar-refractivity contribution in [2.45, 2.75) is 39.5 Å². The highest BCUT2D eigenvalue weighted by molar-refractivity contribution is 8.13. The number of carboxylic acids is 1. The number of aromatic carboxylic acids is 1. The zero-order valence-corrected chi connectivity index (χ0v) is 12.8. The number of carbonyl (C=O) groups is 1. The Morgan fingerprint density at radius 1 is 1.17 bits per heavy atom. The van der Waals surface area contributed by atoms with Crippen LogP contribution in [0.2, 0.25) is 0 Å². The summed E-state index contributed by atoms with van der Waals surface area (Å²) < 4.78 is 22.0. The summed E-state index contributed by atoms with van der Waals surface area (Å²) in [7, 11) is 1.24. The van der Waals surface area contributed by atoms with Crippen molar-refractivity contribution in [1.29, 1.82) is 0 Å². The molecule has 0 aromatic heterocycles. The summed E-state index contributed by atoms with van der Waals surface area (Å²) in [6.45, 7) is 9.54. The first-order valence-electron chi connectivity index (χ1n) is 5.61. The molecule has 0 heterocycles. The summed E-state index contributed by atoms with van der Waals surface area (Å²) in [5.41, 5.74) is 0.319. The van der Waals surface area contributed by atoms with Gasteiger partial charge in [0.15, 0.2) is 0 Å². The first-order valence-corrected chi connectivity index (χ1v) is 7.92. The standard InChI is InChI=1S/C8H7ClO4S.2C2H6/c1-5-2-3-6(8(10)11)4-7(5)14(9,12)13;2*1-2/h2-4H,1H3,(H,10,11);2*1-2H3. The Kier molecular flexibility index (Phi) is 9.57. The van der Waals surface area contributed by atoms with Crippen LogP contribution >= 0.6 is 10.7 Å². The van der Waals surface area contributed by atoms with Crippen molar-refractivity contribution < 1.29 is 18.3 Å². The van der Waals surface area contributed by atoms with Crippen LogP contribution in [-0.2, 0) is 9.05 Å². The molecule has 1 aromatic carbocycles. The number of rotatable bonds is 2. The summed E-state index contributed by atoms with van der Waals surface area (Å²) in [6.07, 6.45) is 0. The van der Waals surface area contributed by atoms with E-state index in [1.54, 1.807) is 6.92 Å². The van der Waals surface area contributed by atoms with Gasteiger partial charge in [0.05, 0.1) is 10.5 Å². The molecular weight excluding hydrogens is 276 g/mol. The van der Waals surface area contributed by atoms with Crippen molar-refractivity contribution in [2.24, 2.45) is 0 Å². The van der Waals surface area contributed by atoms with Crippen LogP contribution in [0.4, 0.5) is 0 Å². The Hall–Kier alpha value is -1.07. The van der Waals surface area contributed by atoms with E-state index in [0.717, 1.165) is 6.07 Å². The topological polar surface area (TPSA) is 71.4 Å². The third kappa shape index (κ3) is 6.02. The Balaban J connectivity index is 0. The molecule has 4 nitrogen and oxygen atoms in total. The van der Waals surface area contributed by atoms with E-state index >= 15 is 0 Å². The van der Waals surface area contributed by atoms with Crippen molar-refractivity contribution in [1.82, 2.24) is 0 Å². The van der Waals surface area contributed by atoms with Crippen LogP contribution in [0.15, 0.2) is 23.1 Å². The van der Waals surface area contributed by atoms with Crippen molar-refractivity contribution in [2.75, 3.05) is 0 Å². The number of aryl methyl sites for hydroxylation is 1. The molecule has 0 fully saturated rings. The molecule has 0 saturated heterocycles. The fourth-order valence-electron chi connectivity index (χ4n) is 0.996. The highest BCUT2D eigenvalue weighted by atomic mass is 35.7. The lowest BCUT2D eigenvalue weighted by molar-refractivity contribution is 0.0696. The van der Waals surface area contributed by atoms with Crippen molar-refractivity contribution in [3.63, 3.8) is 0 Å². The molecule has 0 bridgehead atoms. The fourth-order valence-corrected chi connectivity index (χ4v) is 2.21. The zero-order chi connectivity index (χ0) is 14.9. The van der Waals surface area contributed by atoms with Crippen LogP contribution in [-0.4, -0.2) is 19.5 Å². The van der Waals surface area contributed by atoms with E-state index in [4.69, 9.17) is 15.8 Å². The summed E-state index contributed by atoms with van der Waals surface area (Å²) in [6, 6.07) is 3.77. The van der Waals surface area contributed by atoms with Gasteiger partial charge < -0.3 is 5.11 Å². The normalized spacial score (nSPS) is 9.44. The highest BCUT2D eigenvalue weighted by Crippen LogP contribution is 2.20. The van der Waals surface area contributed by atoms with Gasteiger partial charge in [0, 0.05) is 10.7 Å². The molecule has 0 radical (unpaired) electrons. The monoisotopic (exact) mass is 294 g/mol. The van der Waals surface area contributed by atoms with Crippen LogP contribution in [0.5, 0.6) is 0 Å². The minimum absolute atomic E-state index is 0.102. The third-order valence-electron chi connectivity index (χ3n) is 1.70. The third-order valence-corrected chi connectivity index (χ3v) is 3.16. The maximum Gasteiger partial charge on any atom is 0.335 e. The van der Waals surface area contributed by atoms with Crippen molar-refractivity contribution in [3.05, 3.63) is 29.3 Å². The van der Waals surface area contributed by atoms with Gasteiger partial charge in [0.1, 0.15) is 0 Å². The van der Waals surface area contributed by atoms with Gasteiger partial charge >= 0.3 is 5.97 Å². The summed E-state index contributed by atoms with van der Waals surface area (Å²) >= 11 is 0. The summed E-state index contributed by atoms with van der Waals surface area (Å²) in [4.78, 5) is 10.4.